The smallest absolute Gasteiger partial charge is 0.250 e. The van der Waals surface area contributed by atoms with Crippen LogP contribution in [0.2, 0.25) is 0 Å². The topological polar surface area (TPSA) is 128 Å². The van der Waals surface area contributed by atoms with E-state index in [2.05, 4.69) is 25.5 Å². The molecule has 2 aliphatic heterocycles. The quantitative estimate of drug-likeness (QED) is 0.368. The van der Waals surface area contributed by atoms with Crippen LogP contribution in [0.5, 0.6) is 11.5 Å². The number of anilines is 3. The van der Waals surface area contributed by atoms with Gasteiger partial charge in [-0.15, -0.1) is 0 Å². The predicted octanol–water partition coefficient (Wildman–Crippen LogP) is 0.402. The van der Waals surface area contributed by atoms with Crippen LogP contribution in [-0.2, 0) is 9.47 Å². The SMILES string of the molecule is Oc1cccc(C=NNc2nc(N3CCOCC3)nc(N3CCOCC3)n2)c1O. The minimum atomic E-state index is -0.239. The Labute approximate surface area is 167 Å². The highest BCUT2D eigenvalue weighted by atomic mass is 16.5. The third-order valence-electron chi connectivity index (χ3n) is 4.61. The zero-order valence-corrected chi connectivity index (χ0v) is 15.9. The number of rotatable bonds is 5. The van der Waals surface area contributed by atoms with Crippen LogP contribution in [0.15, 0.2) is 23.3 Å². The molecule has 0 atom stereocenters. The van der Waals surface area contributed by atoms with Gasteiger partial charge in [0.15, 0.2) is 11.5 Å². The number of phenolic OH excluding ortho intramolecular Hbond substituents is 2. The second-order valence-corrected chi connectivity index (χ2v) is 6.54. The van der Waals surface area contributed by atoms with E-state index in [4.69, 9.17) is 9.47 Å². The Balaban J connectivity index is 1.57. The zero-order chi connectivity index (χ0) is 20.1. The van der Waals surface area contributed by atoms with Gasteiger partial charge in [0.2, 0.25) is 17.8 Å². The molecule has 0 spiro atoms. The first kappa shape index (κ1) is 19.2. The molecule has 4 rings (SSSR count). The lowest BCUT2D eigenvalue weighted by Gasteiger charge is -2.30. The van der Waals surface area contributed by atoms with Gasteiger partial charge in [0.05, 0.1) is 32.6 Å². The summed E-state index contributed by atoms with van der Waals surface area (Å²) in [7, 11) is 0. The molecule has 154 valence electrons. The number of para-hydroxylation sites is 1. The Hall–Kier alpha value is -3.18. The Kier molecular flexibility index (Phi) is 5.86. The van der Waals surface area contributed by atoms with Gasteiger partial charge in [0.25, 0.3) is 0 Å². The molecular formula is C18H23N7O4. The van der Waals surface area contributed by atoms with Crippen LogP contribution in [-0.4, -0.2) is 84.0 Å². The number of nitrogens with zero attached hydrogens (tertiary/aromatic N) is 6. The molecule has 0 amide bonds. The van der Waals surface area contributed by atoms with Crippen molar-refractivity contribution in [1.29, 1.82) is 0 Å². The van der Waals surface area contributed by atoms with E-state index in [1.54, 1.807) is 12.1 Å². The van der Waals surface area contributed by atoms with Crippen LogP contribution < -0.4 is 15.2 Å². The van der Waals surface area contributed by atoms with Gasteiger partial charge < -0.3 is 29.5 Å². The van der Waals surface area contributed by atoms with E-state index in [9.17, 15) is 10.2 Å². The van der Waals surface area contributed by atoms with Gasteiger partial charge in [-0.25, -0.2) is 5.43 Å². The Bertz CT molecular complexity index is 831. The molecule has 1 aromatic heterocycles. The van der Waals surface area contributed by atoms with Gasteiger partial charge in [-0.05, 0) is 12.1 Å². The highest BCUT2D eigenvalue weighted by Crippen LogP contribution is 2.26. The van der Waals surface area contributed by atoms with E-state index < -0.39 is 0 Å². The molecule has 11 heteroatoms. The lowest BCUT2D eigenvalue weighted by Crippen LogP contribution is -2.40. The monoisotopic (exact) mass is 401 g/mol. The Morgan fingerprint density at radius 3 is 2.07 bits per heavy atom. The minimum Gasteiger partial charge on any atom is -0.504 e. The zero-order valence-electron chi connectivity index (χ0n) is 15.9. The summed E-state index contributed by atoms with van der Waals surface area (Å²) in [6, 6.07) is 4.65. The van der Waals surface area contributed by atoms with Crippen LogP contribution in [0.3, 0.4) is 0 Å². The molecule has 0 bridgehead atoms. The van der Waals surface area contributed by atoms with E-state index >= 15 is 0 Å². The molecule has 2 aromatic rings. The van der Waals surface area contributed by atoms with E-state index in [-0.39, 0.29) is 11.5 Å². The fourth-order valence-electron chi connectivity index (χ4n) is 3.03. The summed E-state index contributed by atoms with van der Waals surface area (Å²) >= 11 is 0. The normalized spacial score (nSPS) is 17.7. The van der Waals surface area contributed by atoms with Crippen LogP contribution >= 0.6 is 0 Å². The summed E-state index contributed by atoms with van der Waals surface area (Å²) in [6.07, 6.45) is 1.39. The molecule has 3 heterocycles. The molecule has 29 heavy (non-hydrogen) atoms. The lowest BCUT2D eigenvalue weighted by molar-refractivity contribution is 0.121. The van der Waals surface area contributed by atoms with E-state index in [1.165, 1.54) is 12.3 Å². The number of nitrogens with one attached hydrogen (secondary N) is 1. The predicted molar refractivity (Wildman–Crippen MR) is 107 cm³/mol. The lowest BCUT2D eigenvalue weighted by atomic mass is 10.2. The number of aromatic hydroxyl groups is 2. The van der Waals surface area contributed by atoms with Crippen LogP contribution in [0, 0.1) is 0 Å². The van der Waals surface area contributed by atoms with Gasteiger partial charge in [-0.3, -0.25) is 0 Å². The molecule has 1 aromatic carbocycles. The van der Waals surface area contributed by atoms with Gasteiger partial charge in [0, 0.05) is 31.7 Å². The van der Waals surface area contributed by atoms with Crippen molar-refractivity contribution in [2.24, 2.45) is 5.10 Å². The first-order chi connectivity index (χ1) is 14.2. The molecule has 0 radical (unpaired) electrons. The van der Waals surface area contributed by atoms with Crippen molar-refractivity contribution in [2.75, 3.05) is 67.8 Å². The van der Waals surface area contributed by atoms with Crippen molar-refractivity contribution >= 4 is 24.1 Å². The van der Waals surface area contributed by atoms with Crippen molar-refractivity contribution in [3.05, 3.63) is 23.8 Å². The fourth-order valence-corrected chi connectivity index (χ4v) is 3.03. The third kappa shape index (κ3) is 4.63. The molecule has 0 aliphatic carbocycles. The van der Waals surface area contributed by atoms with Gasteiger partial charge in [-0.1, -0.05) is 6.07 Å². The number of hydrogen-bond donors (Lipinski definition) is 3. The maximum absolute atomic E-state index is 9.88. The van der Waals surface area contributed by atoms with Gasteiger partial charge in [-0.2, -0.15) is 20.1 Å². The molecule has 0 saturated carbocycles. The van der Waals surface area contributed by atoms with Gasteiger partial charge >= 0.3 is 0 Å². The first-order valence-corrected chi connectivity index (χ1v) is 9.42. The number of benzene rings is 1. The molecule has 11 nitrogen and oxygen atoms in total. The summed E-state index contributed by atoms with van der Waals surface area (Å²) in [5.41, 5.74) is 3.17. The van der Waals surface area contributed by atoms with Gasteiger partial charge in [0.1, 0.15) is 0 Å². The van der Waals surface area contributed by atoms with Crippen molar-refractivity contribution < 1.29 is 19.7 Å². The maximum atomic E-state index is 9.88. The summed E-state index contributed by atoms with van der Waals surface area (Å²) in [5, 5.41) is 23.6. The number of morpholine rings is 2. The second-order valence-electron chi connectivity index (χ2n) is 6.54. The highest BCUT2D eigenvalue weighted by Gasteiger charge is 2.20. The van der Waals surface area contributed by atoms with E-state index in [0.29, 0.717) is 76.0 Å². The summed E-state index contributed by atoms with van der Waals surface area (Å²) in [5.74, 6) is 0.958. The van der Waals surface area contributed by atoms with Crippen LogP contribution in [0.1, 0.15) is 5.56 Å². The number of hydrazone groups is 1. The van der Waals surface area contributed by atoms with E-state index in [1.807, 2.05) is 9.80 Å². The maximum Gasteiger partial charge on any atom is 0.250 e. The van der Waals surface area contributed by atoms with Crippen molar-refractivity contribution in [1.82, 2.24) is 15.0 Å². The Morgan fingerprint density at radius 2 is 1.48 bits per heavy atom. The van der Waals surface area contributed by atoms with Crippen molar-refractivity contribution in [3.63, 3.8) is 0 Å². The second kappa shape index (κ2) is 8.88. The molecule has 2 saturated heterocycles. The summed E-state index contributed by atoms with van der Waals surface area (Å²) in [6.45, 7) is 5.29. The average molecular weight is 401 g/mol. The number of ether oxygens (including phenoxy) is 2. The molecule has 0 unspecified atom stereocenters. The van der Waals surface area contributed by atoms with Crippen molar-refractivity contribution in [3.8, 4) is 11.5 Å². The highest BCUT2D eigenvalue weighted by molar-refractivity contribution is 5.85. The average Bonchev–Trinajstić information content (AvgIpc) is 2.78. The largest absolute Gasteiger partial charge is 0.504 e. The fraction of sp³-hybridized carbons (Fsp3) is 0.444. The van der Waals surface area contributed by atoms with E-state index in [0.717, 1.165) is 0 Å². The van der Waals surface area contributed by atoms with Crippen molar-refractivity contribution in [2.45, 2.75) is 0 Å². The third-order valence-corrected chi connectivity index (χ3v) is 4.61. The first-order valence-electron chi connectivity index (χ1n) is 9.42. The minimum absolute atomic E-state index is 0.210. The number of aromatic nitrogens is 3. The molecular weight excluding hydrogens is 378 g/mol. The number of phenols is 2. The number of hydrogen-bond acceptors (Lipinski definition) is 11. The van der Waals surface area contributed by atoms with Crippen LogP contribution in [0.4, 0.5) is 17.8 Å². The molecule has 2 fully saturated rings. The van der Waals surface area contributed by atoms with Crippen LogP contribution in [0.25, 0.3) is 0 Å². The molecule has 3 N–H and O–H groups in total. The Morgan fingerprint density at radius 1 is 0.897 bits per heavy atom. The standard InChI is InChI=1S/C18H23N7O4/c26-14-3-1-2-13(15(14)27)12-19-23-16-20-17(24-4-8-28-9-5-24)22-18(21-16)25-6-10-29-11-7-25/h1-3,12,26-27H,4-11H2,(H,20,21,22,23). The molecule has 2 aliphatic rings. The summed E-state index contributed by atoms with van der Waals surface area (Å²) in [4.78, 5) is 17.7. The summed E-state index contributed by atoms with van der Waals surface area (Å²) < 4.78 is 10.8.